The van der Waals surface area contributed by atoms with Crippen LogP contribution >= 0.6 is 0 Å². The van der Waals surface area contributed by atoms with Gasteiger partial charge >= 0.3 is 5.97 Å². The van der Waals surface area contributed by atoms with Crippen molar-refractivity contribution in [2.45, 2.75) is 57.9 Å². The first kappa shape index (κ1) is 13.4. The van der Waals surface area contributed by atoms with E-state index >= 15 is 0 Å². The van der Waals surface area contributed by atoms with Crippen LogP contribution in [0.15, 0.2) is 0 Å². The number of carboxylic acids is 1. The Kier molecular flexibility index (Phi) is 4.25. The van der Waals surface area contributed by atoms with Crippen LogP contribution in [-0.2, 0) is 9.59 Å². The van der Waals surface area contributed by atoms with Gasteiger partial charge in [0.1, 0.15) is 0 Å². The number of rotatable bonds is 4. The highest BCUT2D eigenvalue weighted by atomic mass is 16.4. The molecule has 0 spiro atoms. The number of carbonyl (C=O) groups is 2. The molecular weight excluding hydrogens is 230 g/mol. The predicted molar refractivity (Wildman–Crippen MR) is 68.0 cm³/mol. The Morgan fingerprint density at radius 2 is 1.67 bits per heavy atom. The van der Waals surface area contributed by atoms with Gasteiger partial charge in [-0.1, -0.05) is 19.3 Å². The fourth-order valence-corrected chi connectivity index (χ4v) is 3.48. The van der Waals surface area contributed by atoms with Crippen molar-refractivity contribution >= 4 is 11.9 Å². The highest BCUT2D eigenvalue weighted by Gasteiger charge is 2.38. The van der Waals surface area contributed by atoms with Crippen LogP contribution in [0.5, 0.6) is 0 Å². The fraction of sp³-hybridized carbons (Fsp3) is 0.857. The van der Waals surface area contributed by atoms with Gasteiger partial charge < -0.3 is 10.4 Å². The molecule has 4 nitrogen and oxygen atoms in total. The molecule has 2 aliphatic rings. The molecule has 0 aliphatic heterocycles. The van der Waals surface area contributed by atoms with Crippen LogP contribution in [0.3, 0.4) is 0 Å². The summed E-state index contributed by atoms with van der Waals surface area (Å²) in [6.45, 7) is 2.05. The van der Waals surface area contributed by atoms with Crippen molar-refractivity contribution in [2.24, 2.45) is 17.8 Å². The summed E-state index contributed by atoms with van der Waals surface area (Å²) < 4.78 is 0. The molecular formula is C14H23NO3. The van der Waals surface area contributed by atoms with Crippen molar-refractivity contribution in [1.29, 1.82) is 0 Å². The molecule has 2 rings (SSSR count). The summed E-state index contributed by atoms with van der Waals surface area (Å²) in [7, 11) is 0. The SMILES string of the molecule is C[C@@H](NC(=O)C1CCCC1C(=O)O)C1CCCC1. The number of carboxylic acid groups (broad SMARTS) is 1. The quantitative estimate of drug-likeness (QED) is 0.807. The van der Waals surface area contributed by atoms with Gasteiger partial charge in [0.15, 0.2) is 0 Å². The molecule has 2 fully saturated rings. The predicted octanol–water partition coefficient (Wildman–Crippen LogP) is 2.18. The van der Waals surface area contributed by atoms with E-state index in [9.17, 15) is 9.59 Å². The summed E-state index contributed by atoms with van der Waals surface area (Å²) in [6.07, 6.45) is 7.11. The molecule has 4 heteroatoms. The average molecular weight is 253 g/mol. The Balaban J connectivity index is 1.88. The van der Waals surface area contributed by atoms with Gasteiger partial charge in [-0.15, -0.1) is 0 Å². The van der Waals surface area contributed by atoms with Crippen molar-refractivity contribution < 1.29 is 14.7 Å². The first-order valence-electron chi connectivity index (χ1n) is 7.12. The van der Waals surface area contributed by atoms with Crippen LogP contribution in [0.4, 0.5) is 0 Å². The van der Waals surface area contributed by atoms with Gasteiger partial charge in [-0.3, -0.25) is 9.59 Å². The smallest absolute Gasteiger partial charge is 0.307 e. The molecule has 0 aromatic heterocycles. The average Bonchev–Trinajstić information content (AvgIpc) is 3.00. The zero-order chi connectivity index (χ0) is 13.1. The molecule has 2 unspecified atom stereocenters. The molecule has 0 radical (unpaired) electrons. The highest BCUT2D eigenvalue weighted by Crippen LogP contribution is 2.33. The number of aliphatic carboxylic acids is 1. The third-order valence-corrected chi connectivity index (χ3v) is 4.65. The maximum Gasteiger partial charge on any atom is 0.307 e. The van der Waals surface area contributed by atoms with Gasteiger partial charge in [0.25, 0.3) is 0 Å². The minimum atomic E-state index is -0.818. The van der Waals surface area contributed by atoms with E-state index in [0.717, 1.165) is 12.8 Å². The molecule has 18 heavy (non-hydrogen) atoms. The van der Waals surface area contributed by atoms with E-state index in [2.05, 4.69) is 12.2 Å². The van der Waals surface area contributed by atoms with E-state index < -0.39 is 11.9 Å². The summed E-state index contributed by atoms with van der Waals surface area (Å²) in [6, 6.07) is 0.190. The summed E-state index contributed by atoms with van der Waals surface area (Å²) in [4.78, 5) is 23.2. The fourth-order valence-electron chi connectivity index (χ4n) is 3.48. The molecule has 0 saturated heterocycles. The molecule has 0 aromatic carbocycles. The van der Waals surface area contributed by atoms with Crippen molar-refractivity contribution in [3.8, 4) is 0 Å². The third-order valence-electron chi connectivity index (χ3n) is 4.65. The van der Waals surface area contributed by atoms with Gasteiger partial charge in [0.2, 0.25) is 5.91 Å². The second-order valence-corrected chi connectivity index (χ2v) is 5.82. The Labute approximate surface area is 108 Å². The molecule has 1 amide bonds. The van der Waals surface area contributed by atoms with Crippen LogP contribution in [0, 0.1) is 17.8 Å². The van der Waals surface area contributed by atoms with E-state index in [4.69, 9.17) is 5.11 Å². The maximum absolute atomic E-state index is 12.2. The minimum absolute atomic E-state index is 0.0423. The van der Waals surface area contributed by atoms with Crippen LogP contribution in [0.1, 0.15) is 51.9 Å². The van der Waals surface area contributed by atoms with E-state index in [1.165, 1.54) is 25.7 Å². The van der Waals surface area contributed by atoms with Gasteiger partial charge in [-0.05, 0) is 38.5 Å². The lowest BCUT2D eigenvalue weighted by Gasteiger charge is -2.23. The zero-order valence-electron chi connectivity index (χ0n) is 11.0. The maximum atomic E-state index is 12.2. The number of amides is 1. The van der Waals surface area contributed by atoms with Crippen LogP contribution in [0.2, 0.25) is 0 Å². The number of nitrogens with one attached hydrogen (secondary N) is 1. The van der Waals surface area contributed by atoms with Crippen LogP contribution < -0.4 is 5.32 Å². The molecule has 2 aliphatic carbocycles. The normalized spacial score (nSPS) is 30.3. The lowest BCUT2D eigenvalue weighted by molar-refractivity contribution is -0.146. The second-order valence-electron chi connectivity index (χ2n) is 5.82. The second kappa shape index (κ2) is 5.72. The number of hydrogen-bond acceptors (Lipinski definition) is 2. The standard InChI is InChI=1S/C14H23NO3/c1-9(10-5-2-3-6-10)15-13(16)11-7-4-8-12(11)14(17)18/h9-12H,2-8H2,1H3,(H,15,16)(H,17,18)/t9-,11?,12?/m1/s1. The molecule has 0 bridgehead atoms. The van der Waals surface area contributed by atoms with Gasteiger partial charge in [-0.25, -0.2) is 0 Å². The van der Waals surface area contributed by atoms with Gasteiger partial charge in [0, 0.05) is 6.04 Å². The van der Waals surface area contributed by atoms with E-state index in [0.29, 0.717) is 12.3 Å². The zero-order valence-corrected chi connectivity index (χ0v) is 11.0. The largest absolute Gasteiger partial charge is 0.481 e. The Hall–Kier alpha value is -1.06. The molecule has 0 aromatic rings. The summed E-state index contributed by atoms with van der Waals surface area (Å²) >= 11 is 0. The van der Waals surface area contributed by atoms with Gasteiger partial charge in [0.05, 0.1) is 11.8 Å². The summed E-state index contributed by atoms with van der Waals surface area (Å²) in [5, 5.41) is 12.1. The minimum Gasteiger partial charge on any atom is -0.481 e. The molecule has 2 N–H and O–H groups in total. The van der Waals surface area contributed by atoms with E-state index in [-0.39, 0.29) is 17.9 Å². The Morgan fingerprint density at radius 1 is 1.06 bits per heavy atom. The number of carbonyl (C=O) groups excluding carboxylic acids is 1. The van der Waals surface area contributed by atoms with Crippen molar-refractivity contribution in [3.05, 3.63) is 0 Å². The van der Waals surface area contributed by atoms with E-state index in [1.54, 1.807) is 0 Å². The van der Waals surface area contributed by atoms with Gasteiger partial charge in [-0.2, -0.15) is 0 Å². The first-order chi connectivity index (χ1) is 8.59. The van der Waals surface area contributed by atoms with Crippen molar-refractivity contribution in [3.63, 3.8) is 0 Å². The van der Waals surface area contributed by atoms with Crippen LogP contribution in [0.25, 0.3) is 0 Å². The lowest BCUT2D eigenvalue weighted by Crippen LogP contribution is -2.42. The monoisotopic (exact) mass is 253 g/mol. The highest BCUT2D eigenvalue weighted by molar-refractivity contribution is 5.85. The summed E-state index contributed by atoms with van der Waals surface area (Å²) in [5.41, 5.74) is 0. The summed E-state index contributed by atoms with van der Waals surface area (Å²) in [5.74, 6) is -1.06. The lowest BCUT2D eigenvalue weighted by atomic mass is 9.93. The third kappa shape index (κ3) is 2.85. The van der Waals surface area contributed by atoms with E-state index in [1.807, 2.05) is 0 Å². The molecule has 2 saturated carbocycles. The molecule has 102 valence electrons. The Bertz CT molecular complexity index is 323. The first-order valence-corrected chi connectivity index (χ1v) is 7.12. The van der Waals surface area contributed by atoms with Crippen LogP contribution in [-0.4, -0.2) is 23.0 Å². The molecule has 0 heterocycles. The van der Waals surface area contributed by atoms with Crippen molar-refractivity contribution in [2.75, 3.05) is 0 Å². The molecule has 3 atom stereocenters. The Morgan fingerprint density at radius 3 is 2.28 bits per heavy atom. The van der Waals surface area contributed by atoms with Crippen molar-refractivity contribution in [1.82, 2.24) is 5.32 Å². The number of hydrogen-bond donors (Lipinski definition) is 2. The topological polar surface area (TPSA) is 66.4 Å².